The van der Waals surface area contributed by atoms with Gasteiger partial charge in [-0.15, -0.1) is 0 Å². The van der Waals surface area contributed by atoms with Gasteiger partial charge >= 0.3 is 0 Å². The number of carbonyl (C=O) groups is 3. The highest BCUT2D eigenvalue weighted by molar-refractivity contribution is 6.15. The molecular formula is C23H20FN3O6. The van der Waals surface area contributed by atoms with Gasteiger partial charge in [0.15, 0.2) is 11.5 Å². The Bertz CT molecular complexity index is 1230. The molecule has 0 aromatic heterocycles. The van der Waals surface area contributed by atoms with Crippen molar-refractivity contribution in [2.45, 2.75) is 31.2 Å². The average molecular weight is 453 g/mol. The monoisotopic (exact) mass is 453 g/mol. The zero-order valence-corrected chi connectivity index (χ0v) is 17.5. The quantitative estimate of drug-likeness (QED) is 0.590. The Labute approximate surface area is 187 Å². The number of aliphatic hydroxyl groups is 1. The van der Waals surface area contributed by atoms with Crippen molar-refractivity contribution in [1.82, 2.24) is 10.2 Å². The van der Waals surface area contributed by atoms with Gasteiger partial charge in [-0.2, -0.15) is 0 Å². The van der Waals surface area contributed by atoms with Gasteiger partial charge in [0, 0.05) is 17.3 Å². The summed E-state index contributed by atoms with van der Waals surface area (Å²) in [5.41, 5.74) is -0.371. The van der Waals surface area contributed by atoms with E-state index in [1.807, 2.05) is 0 Å². The first kappa shape index (κ1) is 20.1. The first-order valence-electron chi connectivity index (χ1n) is 10.6. The van der Waals surface area contributed by atoms with E-state index in [-0.39, 0.29) is 18.9 Å². The zero-order chi connectivity index (χ0) is 23.1. The van der Waals surface area contributed by atoms with Crippen LogP contribution in [0.1, 0.15) is 18.1 Å². The Morgan fingerprint density at radius 2 is 1.94 bits per heavy atom. The fraction of sp³-hybridized carbons (Fsp3) is 0.348. The number of imide groups is 1. The third-order valence-electron chi connectivity index (χ3n) is 7.00. The third kappa shape index (κ3) is 2.61. The van der Waals surface area contributed by atoms with Gasteiger partial charge in [-0.25, -0.2) is 4.39 Å². The molecule has 9 nitrogen and oxygen atoms in total. The van der Waals surface area contributed by atoms with Gasteiger partial charge in [0.05, 0.1) is 24.5 Å². The lowest BCUT2D eigenvalue weighted by atomic mass is 9.76. The minimum absolute atomic E-state index is 0.0262. The molecule has 10 heteroatoms. The van der Waals surface area contributed by atoms with E-state index in [4.69, 9.17) is 9.47 Å². The maximum atomic E-state index is 14.2. The fourth-order valence-corrected chi connectivity index (χ4v) is 5.56. The molecule has 33 heavy (non-hydrogen) atoms. The molecule has 4 aliphatic rings. The SMILES string of the molecule is CC(O)C1NC2(C(=O)Nc3ccc(F)cc32)C2C(=O)N(Cc3ccc4c(c3)OCO4)C(=O)C12. The second-order valence-corrected chi connectivity index (χ2v) is 8.82. The number of hydrogen-bond acceptors (Lipinski definition) is 7. The molecule has 170 valence electrons. The van der Waals surface area contributed by atoms with Crippen molar-refractivity contribution in [1.29, 1.82) is 0 Å². The molecule has 2 aromatic rings. The van der Waals surface area contributed by atoms with Crippen LogP contribution >= 0.6 is 0 Å². The lowest BCUT2D eigenvalue weighted by molar-refractivity contribution is -0.143. The van der Waals surface area contributed by atoms with Crippen LogP contribution in [0.3, 0.4) is 0 Å². The Kier molecular flexibility index (Phi) is 4.12. The Hall–Kier alpha value is -3.50. The van der Waals surface area contributed by atoms with E-state index in [2.05, 4.69) is 10.6 Å². The van der Waals surface area contributed by atoms with Crippen LogP contribution in [-0.2, 0) is 26.5 Å². The van der Waals surface area contributed by atoms with Gasteiger partial charge in [0.1, 0.15) is 11.4 Å². The number of nitrogens with one attached hydrogen (secondary N) is 2. The molecule has 0 saturated carbocycles. The van der Waals surface area contributed by atoms with E-state index < -0.39 is 53.1 Å². The molecule has 2 saturated heterocycles. The summed E-state index contributed by atoms with van der Waals surface area (Å²) in [6.45, 7) is 1.56. The Morgan fingerprint density at radius 1 is 1.15 bits per heavy atom. The number of ether oxygens (including phenoxy) is 2. The van der Waals surface area contributed by atoms with E-state index in [1.165, 1.54) is 25.1 Å². The Balaban J connectivity index is 1.42. The number of rotatable bonds is 3. The largest absolute Gasteiger partial charge is 0.454 e. The maximum absolute atomic E-state index is 14.2. The second-order valence-electron chi connectivity index (χ2n) is 8.82. The first-order valence-corrected chi connectivity index (χ1v) is 10.6. The predicted molar refractivity (Wildman–Crippen MR) is 110 cm³/mol. The smallest absolute Gasteiger partial charge is 0.250 e. The van der Waals surface area contributed by atoms with Crippen molar-refractivity contribution in [3.8, 4) is 11.5 Å². The lowest BCUT2D eigenvalue weighted by Gasteiger charge is -2.30. The number of fused-ring (bicyclic) bond motifs is 5. The van der Waals surface area contributed by atoms with Crippen LogP contribution in [0.15, 0.2) is 36.4 Å². The first-order chi connectivity index (χ1) is 15.8. The van der Waals surface area contributed by atoms with Crippen molar-refractivity contribution in [2.24, 2.45) is 11.8 Å². The summed E-state index contributed by atoms with van der Waals surface area (Å²) in [6.07, 6.45) is -1.04. The molecule has 3 amide bonds. The summed E-state index contributed by atoms with van der Waals surface area (Å²) in [5, 5.41) is 16.2. The summed E-state index contributed by atoms with van der Waals surface area (Å²) in [4.78, 5) is 41.5. The number of anilines is 1. The molecule has 5 unspecified atom stereocenters. The number of amides is 3. The van der Waals surface area contributed by atoms with E-state index in [0.717, 1.165) is 4.90 Å². The van der Waals surface area contributed by atoms with Crippen molar-refractivity contribution >= 4 is 23.4 Å². The number of nitrogens with zero attached hydrogens (tertiary/aromatic N) is 1. The standard InChI is InChI=1S/C23H20FN3O6/c1-10(28)19-17-18(23(26-19)13-7-12(24)3-4-14(13)25-22(23)31)21(30)27(20(17)29)8-11-2-5-15-16(6-11)33-9-32-15/h2-7,10,17-19,26,28H,8-9H2,1H3,(H,25,31). The highest BCUT2D eigenvalue weighted by Gasteiger charge is 2.71. The minimum Gasteiger partial charge on any atom is -0.454 e. The third-order valence-corrected chi connectivity index (χ3v) is 7.00. The van der Waals surface area contributed by atoms with Crippen LogP contribution in [0, 0.1) is 17.7 Å². The van der Waals surface area contributed by atoms with Crippen molar-refractivity contribution < 1.29 is 33.4 Å². The van der Waals surface area contributed by atoms with Crippen LogP contribution in [0.5, 0.6) is 11.5 Å². The van der Waals surface area contributed by atoms with Gasteiger partial charge in [-0.1, -0.05) is 6.07 Å². The number of carbonyl (C=O) groups excluding carboxylic acids is 3. The van der Waals surface area contributed by atoms with Gasteiger partial charge in [0.25, 0.3) is 0 Å². The molecular weight excluding hydrogens is 433 g/mol. The van der Waals surface area contributed by atoms with Gasteiger partial charge in [-0.3, -0.25) is 24.6 Å². The van der Waals surface area contributed by atoms with E-state index in [0.29, 0.717) is 22.7 Å². The fourth-order valence-electron chi connectivity index (χ4n) is 5.56. The molecule has 2 aromatic carbocycles. The summed E-state index contributed by atoms with van der Waals surface area (Å²) in [7, 11) is 0. The average Bonchev–Trinajstić information content (AvgIpc) is 3.51. The number of benzene rings is 2. The summed E-state index contributed by atoms with van der Waals surface area (Å²) < 4.78 is 24.9. The van der Waals surface area contributed by atoms with Gasteiger partial charge < -0.3 is 19.9 Å². The molecule has 2 fully saturated rings. The zero-order valence-electron chi connectivity index (χ0n) is 17.5. The Morgan fingerprint density at radius 3 is 2.73 bits per heavy atom. The molecule has 5 atom stereocenters. The maximum Gasteiger partial charge on any atom is 0.250 e. The van der Waals surface area contributed by atoms with E-state index in [1.54, 1.807) is 18.2 Å². The molecule has 1 spiro atoms. The minimum atomic E-state index is -1.65. The highest BCUT2D eigenvalue weighted by atomic mass is 19.1. The van der Waals surface area contributed by atoms with E-state index >= 15 is 0 Å². The molecule has 0 radical (unpaired) electrons. The number of aliphatic hydroxyl groups excluding tert-OH is 1. The van der Waals surface area contributed by atoms with Gasteiger partial charge in [0.2, 0.25) is 24.5 Å². The number of halogens is 1. The lowest BCUT2D eigenvalue weighted by Crippen LogP contribution is -2.54. The number of hydrogen-bond donors (Lipinski definition) is 3. The van der Waals surface area contributed by atoms with E-state index in [9.17, 15) is 23.9 Å². The predicted octanol–water partition coefficient (Wildman–Crippen LogP) is 0.856. The van der Waals surface area contributed by atoms with Crippen LogP contribution in [-0.4, -0.2) is 46.7 Å². The topological polar surface area (TPSA) is 117 Å². The highest BCUT2D eigenvalue weighted by Crippen LogP contribution is 2.53. The number of likely N-dealkylation sites (tertiary alicyclic amines) is 1. The van der Waals surface area contributed by atoms with Crippen LogP contribution in [0.4, 0.5) is 10.1 Å². The van der Waals surface area contributed by atoms with Crippen LogP contribution in [0.2, 0.25) is 0 Å². The molecule has 0 aliphatic carbocycles. The van der Waals surface area contributed by atoms with Crippen LogP contribution < -0.4 is 20.1 Å². The van der Waals surface area contributed by atoms with Crippen molar-refractivity contribution in [2.75, 3.05) is 12.1 Å². The summed E-state index contributed by atoms with van der Waals surface area (Å²) in [5.74, 6) is -3.17. The van der Waals surface area contributed by atoms with Crippen molar-refractivity contribution in [3.05, 3.63) is 53.3 Å². The summed E-state index contributed by atoms with van der Waals surface area (Å²) >= 11 is 0. The summed E-state index contributed by atoms with van der Waals surface area (Å²) in [6, 6.07) is 8.10. The normalized spacial score (nSPS) is 30.1. The van der Waals surface area contributed by atoms with Crippen LogP contribution in [0.25, 0.3) is 0 Å². The molecule has 6 rings (SSSR count). The van der Waals surface area contributed by atoms with Gasteiger partial charge in [-0.05, 0) is 42.8 Å². The molecule has 4 heterocycles. The molecule has 3 N–H and O–H groups in total. The molecule has 0 bridgehead atoms. The van der Waals surface area contributed by atoms with Crippen molar-refractivity contribution in [3.63, 3.8) is 0 Å². The second kappa shape index (κ2) is 6.75. The molecule has 4 aliphatic heterocycles.